The Morgan fingerprint density at radius 3 is 2.91 bits per heavy atom. The van der Waals surface area contributed by atoms with Crippen molar-refractivity contribution in [3.63, 3.8) is 0 Å². The minimum atomic E-state index is -0.153. The lowest BCUT2D eigenvalue weighted by molar-refractivity contribution is 0.0893. The van der Waals surface area contributed by atoms with Crippen molar-refractivity contribution in [3.8, 4) is 0 Å². The number of hydrogen-bond acceptors (Lipinski definition) is 3. The van der Waals surface area contributed by atoms with Crippen molar-refractivity contribution in [2.45, 2.75) is 45.6 Å². The zero-order chi connectivity index (χ0) is 16.2. The molecule has 5 heteroatoms. The van der Waals surface area contributed by atoms with Gasteiger partial charge in [0.05, 0.1) is 11.7 Å². The normalized spacial score (nSPS) is 23.1. The number of carbonyl (C=O) groups is 1. The molecule has 120 valence electrons. The van der Waals surface area contributed by atoms with E-state index in [2.05, 4.69) is 41.3 Å². The predicted octanol–water partition coefficient (Wildman–Crippen LogP) is 2.98. The Morgan fingerprint density at radius 1 is 1.39 bits per heavy atom. The fourth-order valence-corrected chi connectivity index (χ4v) is 3.65. The number of carbonyl (C=O) groups excluding carboxylic acids is 1. The van der Waals surface area contributed by atoms with Crippen LogP contribution in [0.1, 0.15) is 66.6 Å². The third kappa shape index (κ3) is 2.44. The van der Waals surface area contributed by atoms with Crippen molar-refractivity contribution in [1.82, 2.24) is 20.5 Å². The van der Waals surface area contributed by atoms with Gasteiger partial charge < -0.3 is 5.32 Å². The molecule has 0 aromatic carbocycles. The highest BCUT2D eigenvalue weighted by molar-refractivity contribution is 5.94. The fraction of sp³-hybridized carbons (Fsp3) is 0.500. The molecule has 2 unspecified atom stereocenters. The molecule has 3 atom stereocenters. The van der Waals surface area contributed by atoms with Crippen molar-refractivity contribution >= 4 is 5.91 Å². The average Bonchev–Trinajstić information content (AvgIpc) is 2.99. The Hall–Kier alpha value is -2.17. The maximum absolute atomic E-state index is 12.8. The molecule has 2 N–H and O–H groups in total. The van der Waals surface area contributed by atoms with Crippen LogP contribution in [-0.4, -0.2) is 21.1 Å². The van der Waals surface area contributed by atoms with Crippen molar-refractivity contribution in [2.24, 2.45) is 11.3 Å². The minimum Gasteiger partial charge on any atom is -0.342 e. The van der Waals surface area contributed by atoms with Gasteiger partial charge in [-0.1, -0.05) is 26.8 Å². The maximum Gasteiger partial charge on any atom is 0.272 e. The number of nitrogens with one attached hydrogen (secondary N) is 2. The molecule has 5 nitrogen and oxygen atoms in total. The molecule has 1 fully saturated rings. The van der Waals surface area contributed by atoms with E-state index >= 15 is 0 Å². The summed E-state index contributed by atoms with van der Waals surface area (Å²) in [5.41, 5.74) is 3.62. The van der Waals surface area contributed by atoms with E-state index < -0.39 is 0 Å². The van der Waals surface area contributed by atoms with Crippen molar-refractivity contribution in [2.75, 3.05) is 0 Å². The lowest BCUT2D eigenvalue weighted by Gasteiger charge is -2.30. The van der Waals surface area contributed by atoms with Gasteiger partial charge in [0.1, 0.15) is 0 Å². The summed E-state index contributed by atoms with van der Waals surface area (Å²) in [5.74, 6) is 1.25. The Morgan fingerprint density at radius 2 is 2.22 bits per heavy atom. The first-order valence-electron chi connectivity index (χ1n) is 8.24. The third-order valence-corrected chi connectivity index (χ3v) is 5.00. The van der Waals surface area contributed by atoms with Crippen LogP contribution in [0.2, 0.25) is 0 Å². The van der Waals surface area contributed by atoms with Crippen LogP contribution in [-0.2, 0) is 6.42 Å². The highest BCUT2D eigenvalue weighted by Crippen LogP contribution is 2.56. The van der Waals surface area contributed by atoms with Gasteiger partial charge in [0.25, 0.3) is 5.91 Å². The number of H-pyrrole nitrogens is 1. The molecule has 2 aliphatic rings. The van der Waals surface area contributed by atoms with E-state index in [0.717, 1.165) is 23.6 Å². The molecule has 0 spiro atoms. The molecule has 2 heterocycles. The summed E-state index contributed by atoms with van der Waals surface area (Å²) in [7, 11) is 0. The molecule has 2 aliphatic carbocycles. The summed E-state index contributed by atoms with van der Waals surface area (Å²) in [6.07, 6.45) is 4.00. The molecule has 1 amide bonds. The van der Waals surface area contributed by atoms with Gasteiger partial charge in [-0.15, -0.1) is 0 Å². The summed E-state index contributed by atoms with van der Waals surface area (Å²) >= 11 is 0. The fourth-order valence-electron chi connectivity index (χ4n) is 3.65. The molecular weight excluding hydrogens is 288 g/mol. The highest BCUT2D eigenvalue weighted by Gasteiger charge is 2.48. The average molecular weight is 310 g/mol. The minimum absolute atomic E-state index is 0.102. The zero-order valence-corrected chi connectivity index (χ0v) is 13.8. The molecule has 23 heavy (non-hydrogen) atoms. The molecule has 0 saturated heterocycles. The molecule has 2 aromatic rings. The van der Waals surface area contributed by atoms with Gasteiger partial charge >= 0.3 is 0 Å². The second kappa shape index (κ2) is 4.91. The van der Waals surface area contributed by atoms with Crippen molar-refractivity contribution in [3.05, 3.63) is 47.0 Å². The van der Waals surface area contributed by atoms with Crippen molar-refractivity contribution < 1.29 is 4.79 Å². The molecule has 2 aromatic heterocycles. The van der Waals surface area contributed by atoms with Crippen molar-refractivity contribution in [1.29, 1.82) is 0 Å². The summed E-state index contributed by atoms with van der Waals surface area (Å²) in [6, 6.07) is 5.64. The van der Waals surface area contributed by atoms with E-state index in [4.69, 9.17) is 0 Å². The maximum atomic E-state index is 12.8. The van der Waals surface area contributed by atoms with Crippen LogP contribution in [0.25, 0.3) is 0 Å². The van der Waals surface area contributed by atoms with Gasteiger partial charge in [0.2, 0.25) is 0 Å². The van der Waals surface area contributed by atoms with E-state index in [-0.39, 0.29) is 17.4 Å². The number of nitrogens with zero attached hydrogens (tertiary/aromatic N) is 2. The topological polar surface area (TPSA) is 70.7 Å². The highest BCUT2D eigenvalue weighted by atomic mass is 16.2. The predicted molar refractivity (Wildman–Crippen MR) is 87.0 cm³/mol. The first kappa shape index (κ1) is 14.4. The summed E-state index contributed by atoms with van der Waals surface area (Å²) in [5, 5.41) is 10.5. The lowest BCUT2D eigenvalue weighted by atomic mass is 9.84. The van der Waals surface area contributed by atoms with E-state index in [1.807, 2.05) is 18.2 Å². The van der Waals surface area contributed by atoms with Gasteiger partial charge in [0.15, 0.2) is 5.69 Å². The van der Waals surface area contributed by atoms with Crippen LogP contribution >= 0.6 is 0 Å². The van der Waals surface area contributed by atoms with E-state index in [0.29, 0.717) is 11.6 Å². The van der Waals surface area contributed by atoms with Crippen LogP contribution in [0, 0.1) is 11.3 Å². The molecule has 0 radical (unpaired) electrons. The SMILES string of the molecule is CC(C)(C)[C@H](NC(=O)c1n[nH]c2c1CC1CC21)c1ccccn1. The first-order valence-corrected chi connectivity index (χ1v) is 8.24. The number of aromatic amines is 1. The molecule has 1 saturated carbocycles. The molecular formula is C18H22N4O. The van der Waals surface area contributed by atoms with Crippen LogP contribution < -0.4 is 5.32 Å². The smallest absolute Gasteiger partial charge is 0.272 e. The quantitative estimate of drug-likeness (QED) is 0.915. The van der Waals surface area contributed by atoms with Gasteiger partial charge in [-0.3, -0.25) is 14.9 Å². The summed E-state index contributed by atoms with van der Waals surface area (Å²) < 4.78 is 0. The Balaban J connectivity index is 1.60. The van der Waals surface area contributed by atoms with Crippen LogP contribution in [0.5, 0.6) is 0 Å². The van der Waals surface area contributed by atoms with Crippen LogP contribution in [0.3, 0.4) is 0 Å². The number of hydrogen-bond donors (Lipinski definition) is 2. The Kier molecular flexibility index (Phi) is 3.08. The first-order chi connectivity index (χ1) is 10.9. The number of fused-ring (bicyclic) bond motifs is 3. The lowest BCUT2D eigenvalue weighted by Crippen LogP contribution is -2.37. The van der Waals surface area contributed by atoms with Gasteiger partial charge in [-0.2, -0.15) is 5.10 Å². The summed E-state index contributed by atoms with van der Waals surface area (Å²) in [6.45, 7) is 6.32. The van der Waals surface area contributed by atoms with Gasteiger partial charge in [-0.05, 0) is 36.3 Å². The Bertz CT molecular complexity index is 744. The summed E-state index contributed by atoms with van der Waals surface area (Å²) in [4.78, 5) is 17.2. The number of pyridine rings is 1. The second-order valence-electron chi connectivity index (χ2n) is 7.80. The van der Waals surface area contributed by atoms with E-state index in [1.54, 1.807) is 6.20 Å². The second-order valence-corrected chi connectivity index (χ2v) is 7.80. The molecule has 0 bridgehead atoms. The third-order valence-electron chi connectivity index (χ3n) is 5.00. The largest absolute Gasteiger partial charge is 0.342 e. The number of aromatic nitrogens is 3. The monoisotopic (exact) mass is 310 g/mol. The van der Waals surface area contributed by atoms with E-state index in [9.17, 15) is 4.79 Å². The number of amides is 1. The standard InChI is InChI=1S/C18H22N4O/c1-18(2,3)16(13-6-4-5-7-19-13)20-17(23)15-12-9-10-8-11(10)14(12)21-22-15/h4-7,10-11,16H,8-9H2,1-3H3,(H,20,23)(H,21,22)/t10?,11?,16-/m1/s1. The van der Waals surface area contributed by atoms with Crippen LogP contribution in [0.15, 0.2) is 24.4 Å². The van der Waals surface area contributed by atoms with Gasteiger partial charge in [-0.25, -0.2) is 0 Å². The number of rotatable bonds is 3. The molecule has 4 rings (SSSR count). The van der Waals surface area contributed by atoms with Crippen LogP contribution in [0.4, 0.5) is 0 Å². The van der Waals surface area contributed by atoms with Gasteiger partial charge in [0, 0.05) is 23.4 Å². The zero-order valence-electron chi connectivity index (χ0n) is 13.8. The van der Waals surface area contributed by atoms with E-state index in [1.165, 1.54) is 12.1 Å². The molecule has 0 aliphatic heterocycles. The Labute approximate surface area is 135 Å².